The van der Waals surface area contributed by atoms with E-state index in [9.17, 15) is 0 Å². The fourth-order valence-electron chi connectivity index (χ4n) is 1.87. The second kappa shape index (κ2) is 4.69. The van der Waals surface area contributed by atoms with Crippen LogP contribution >= 0.6 is 11.6 Å². The number of aryl methyl sites for hydroxylation is 1. The molecule has 0 unspecified atom stereocenters. The van der Waals surface area contributed by atoms with Gasteiger partial charge in [-0.05, 0) is 51.1 Å². The molecule has 0 atom stereocenters. The van der Waals surface area contributed by atoms with E-state index in [0.717, 1.165) is 24.0 Å². The van der Waals surface area contributed by atoms with Crippen LogP contribution in [-0.4, -0.2) is 22.6 Å². The topological polar surface area (TPSA) is 55.0 Å². The highest BCUT2D eigenvalue weighted by Crippen LogP contribution is 2.34. The number of nitrogens with zero attached hydrogens (tertiary/aromatic N) is 3. The van der Waals surface area contributed by atoms with Gasteiger partial charge < -0.3 is 10.6 Å². The fourth-order valence-corrected chi connectivity index (χ4v) is 2.08. The highest BCUT2D eigenvalue weighted by molar-refractivity contribution is 6.28. The van der Waals surface area contributed by atoms with Gasteiger partial charge >= 0.3 is 0 Å². The van der Waals surface area contributed by atoms with Crippen LogP contribution in [0, 0.1) is 12.8 Å². The van der Waals surface area contributed by atoms with Gasteiger partial charge in [-0.25, -0.2) is 4.98 Å². The van der Waals surface area contributed by atoms with Crippen LogP contribution in [0.1, 0.15) is 32.4 Å². The Morgan fingerprint density at radius 1 is 1.41 bits per heavy atom. The SMILES string of the molecule is Cc1nc(Cl)nc(N(CC2CC2)C(C)C)c1N. The number of aromatic nitrogens is 2. The largest absolute Gasteiger partial charge is 0.394 e. The molecule has 2 rings (SSSR count). The molecule has 0 aromatic carbocycles. The van der Waals surface area contributed by atoms with Crippen molar-refractivity contribution in [2.24, 2.45) is 5.92 Å². The Morgan fingerprint density at radius 3 is 2.59 bits per heavy atom. The van der Waals surface area contributed by atoms with Crippen molar-refractivity contribution < 1.29 is 0 Å². The monoisotopic (exact) mass is 254 g/mol. The fraction of sp³-hybridized carbons (Fsp3) is 0.667. The van der Waals surface area contributed by atoms with Gasteiger partial charge in [-0.2, -0.15) is 4.98 Å². The Balaban J connectivity index is 2.33. The smallest absolute Gasteiger partial charge is 0.224 e. The van der Waals surface area contributed by atoms with Crippen LogP contribution in [-0.2, 0) is 0 Å². The molecule has 1 aromatic heterocycles. The molecule has 1 aromatic rings. The predicted molar refractivity (Wildman–Crippen MR) is 71.4 cm³/mol. The number of nitrogens with two attached hydrogens (primary N) is 1. The van der Waals surface area contributed by atoms with Crippen molar-refractivity contribution in [3.63, 3.8) is 0 Å². The van der Waals surface area contributed by atoms with Gasteiger partial charge in [0.05, 0.1) is 11.4 Å². The molecule has 94 valence electrons. The zero-order valence-corrected chi connectivity index (χ0v) is 11.3. The lowest BCUT2D eigenvalue weighted by molar-refractivity contribution is 0.636. The van der Waals surface area contributed by atoms with Gasteiger partial charge in [-0.3, -0.25) is 0 Å². The molecule has 0 bridgehead atoms. The third-order valence-electron chi connectivity index (χ3n) is 3.14. The lowest BCUT2D eigenvalue weighted by Gasteiger charge is -2.29. The molecule has 5 heteroatoms. The van der Waals surface area contributed by atoms with Gasteiger partial charge in [-0.15, -0.1) is 0 Å². The van der Waals surface area contributed by atoms with Gasteiger partial charge in [0.15, 0.2) is 5.82 Å². The van der Waals surface area contributed by atoms with Crippen LogP contribution in [0.25, 0.3) is 0 Å². The summed E-state index contributed by atoms with van der Waals surface area (Å²) in [6.45, 7) is 7.16. The molecule has 0 saturated heterocycles. The Morgan fingerprint density at radius 2 is 2.06 bits per heavy atom. The number of rotatable bonds is 4. The molecule has 1 heterocycles. The quantitative estimate of drug-likeness (QED) is 0.840. The van der Waals surface area contributed by atoms with Crippen LogP contribution in [0.5, 0.6) is 0 Å². The van der Waals surface area contributed by atoms with E-state index in [1.807, 2.05) is 6.92 Å². The van der Waals surface area contributed by atoms with Crippen LogP contribution in [0.3, 0.4) is 0 Å². The third kappa shape index (κ3) is 2.80. The summed E-state index contributed by atoms with van der Waals surface area (Å²) in [5.74, 6) is 1.57. The zero-order chi connectivity index (χ0) is 12.6. The molecule has 1 fully saturated rings. The van der Waals surface area contributed by atoms with Crippen molar-refractivity contribution in [2.75, 3.05) is 17.2 Å². The lowest BCUT2D eigenvalue weighted by atomic mass is 10.2. The van der Waals surface area contributed by atoms with Gasteiger partial charge in [0.2, 0.25) is 5.28 Å². The minimum Gasteiger partial charge on any atom is -0.394 e. The Bertz CT molecular complexity index is 415. The number of hydrogen-bond donors (Lipinski definition) is 1. The molecule has 0 spiro atoms. The summed E-state index contributed by atoms with van der Waals surface area (Å²) < 4.78 is 0. The minimum atomic E-state index is 0.271. The van der Waals surface area contributed by atoms with Crippen molar-refractivity contribution in [1.82, 2.24) is 9.97 Å². The van der Waals surface area contributed by atoms with Crippen LogP contribution in [0.2, 0.25) is 5.28 Å². The maximum atomic E-state index is 6.06. The maximum Gasteiger partial charge on any atom is 0.224 e. The minimum absolute atomic E-state index is 0.271. The molecule has 4 nitrogen and oxygen atoms in total. The van der Waals surface area contributed by atoms with Gasteiger partial charge in [0.1, 0.15) is 0 Å². The summed E-state index contributed by atoms with van der Waals surface area (Å²) in [4.78, 5) is 10.6. The Hall–Kier alpha value is -1.03. The summed E-state index contributed by atoms with van der Waals surface area (Å²) in [7, 11) is 0. The summed E-state index contributed by atoms with van der Waals surface area (Å²) in [6.07, 6.45) is 2.61. The van der Waals surface area contributed by atoms with E-state index in [0.29, 0.717) is 11.7 Å². The van der Waals surface area contributed by atoms with Crippen LogP contribution < -0.4 is 10.6 Å². The number of anilines is 2. The highest BCUT2D eigenvalue weighted by atomic mass is 35.5. The van der Waals surface area contributed by atoms with Crippen LogP contribution in [0.15, 0.2) is 0 Å². The van der Waals surface area contributed by atoms with Crippen LogP contribution in [0.4, 0.5) is 11.5 Å². The first-order valence-corrected chi connectivity index (χ1v) is 6.43. The van der Waals surface area contributed by atoms with E-state index < -0.39 is 0 Å². The first-order valence-electron chi connectivity index (χ1n) is 6.05. The van der Waals surface area contributed by atoms with E-state index in [4.69, 9.17) is 17.3 Å². The first kappa shape index (κ1) is 12.4. The molecule has 0 aliphatic heterocycles. The number of nitrogen functional groups attached to an aromatic ring is 1. The molecule has 17 heavy (non-hydrogen) atoms. The van der Waals surface area contributed by atoms with E-state index in [1.54, 1.807) is 0 Å². The van der Waals surface area contributed by atoms with Gasteiger partial charge in [0.25, 0.3) is 0 Å². The Labute approximate surface area is 107 Å². The van der Waals surface area contributed by atoms with Crippen molar-refractivity contribution in [3.05, 3.63) is 11.0 Å². The molecule has 1 aliphatic carbocycles. The Kier molecular flexibility index (Phi) is 3.43. The van der Waals surface area contributed by atoms with Crippen molar-refractivity contribution in [2.45, 2.75) is 39.7 Å². The van der Waals surface area contributed by atoms with Crippen molar-refractivity contribution in [1.29, 1.82) is 0 Å². The summed E-state index contributed by atoms with van der Waals surface area (Å²) in [6, 6.07) is 0.364. The lowest BCUT2D eigenvalue weighted by Crippen LogP contribution is -2.34. The molecule has 2 N–H and O–H groups in total. The molecule has 1 aliphatic rings. The predicted octanol–water partition coefficient (Wildman–Crippen LogP) is 2.65. The summed E-state index contributed by atoms with van der Waals surface area (Å²) in [5.41, 5.74) is 7.45. The van der Waals surface area contributed by atoms with Crippen molar-refractivity contribution >= 4 is 23.1 Å². The van der Waals surface area contributed by atoms with Gasteiger partial charge in [0, 0.05) is 12.6 Å². The van der Waals surface area contributed by atoms with E-state index in [1.165, 1.54) is 12.8 Å². The molecule has 0 radical (unpaired) electrons. The van der Waals surface area contributed by atoms with E-state index in [2.05, 4.69) is 28.7 Å². The van der Waals surface area contributed by atoms with Crippen molar-refractivity contribution in [3.8, 4) is 0 Å². The molecule has 0 amide bonds. The highest BCUT2D eigenvalue weighted by Gasteiger charge is 2.27. The third-order valence-corrected chi connectivity index (χ3v) is 3.31. The maximum absolute atomic E-state index is 6.06. The second-order valence-electron chi connectivity index (χ2n) is 5.00. The van der Waals surface area contributed by atoms with Gasteiger partial charge in [-0.1, -0.05) is 0 Å². The standard InChI is InChI=1S/C12H19ClN4/c1-7(2)17(6-9-4-5-9)11-10(14)8(3)15-12(13)16-11/h7,9H,4-6,14H2,1-3H3. The average Bonchev–Trinajstić information content (AvgIpc) is 3.03. The normalized spacial score (nSPS) is 15.4. The van der Waals surface area contributed by atoms with E-state index in [-0.39, 0.29) is 5.28 Å². The second-order valence-corrected chi connectivity index (χ2v) is 5.34. The number of halogens is 1. The summed E-state index contributed by atoms with van der Waals surface area (Å²) in [5, 5.41) is 0.271. The van der Waals surface area contributed by atoms with E-state index >= 15 is 0 Å². The summed E-state index contributed by atoms with van der Waals surface area (Å²) >= 11 is 5.92. The molecular weight excluding hydrogens is 236 g/mol. The molecular formula is C12H19ClN4. The molecule has 1 saturated carbocycles. The first-order chi connectivity index (χ1) is 7.99. The number of hydrogen-bond acceptors (Lipinski definition) is 4. The zero-order valence-electron chi connectivity index (χ0n) is 10.6. The average molecular weight is 255 g/mol.